The van der Waals surface area contributed by atoms with Crippen molar-refractivity contribution in [2.24, 2.45) is 5.73 Å². The Balaban J connectivity index is 1.88. The number of aryl methyl sites for hydroxylation is 1. The summed E-state index contributed by atoms with van der Waals surface area (Å²) in [5.41, 5.74) is 7.72. The molecule has 0 aliphatic heterocycles. The molecule has 1 fully saturated rings. The second-order valence-corrected chi connectivity index (χ2v) is 5.09. The lowest BCUT2D eigenvalue weighted by molar-refractivity contribution is 0.278. The highest BCUT2D eigenvalue weighted by molar-refractivity contribution is 5.26. The van der Waals surface area contributed by atoms with Gasteiger partial charge in [-0.3, -0.25) is 0 Å². The van der Waals surface area contributed by atoms with Gasteiger partial charge < -0.3 is 10.8 Å². The van der Waals surface area contributed by atoms with Crippen LogP contribution in [-0.4, -0.2) is 10.6 Å². The highest BCUT2D eigenvalue weighted by atomic mass is 16.3. The minimum absolute atomic E-state index is 0.0656. The van der Waals surface area contributed by atoms with E-state index in [1.807, 2.05) is 12.1 Å². The van der Waals surface area contributed by atoms with Crippen molar-refractivity contribution in [3.05, 3.63) is 29.8 Å². The quantitative estimate of drug-likeness (QED) is 0.821. The van der Waals surface area contributed by atoms with Crippen molar-refractivity contribution in [3.63, 3.8) is 0 Å². The first-order chi connectivity index (χ1) is 7.68. The van der Waals surface area contributed by atoms with E-state index < -0.39 is 0 Å². The second kappa shape index (κ2) is 4.88. The molecule has 16 heavy (non-hydrogen) atoms. The Morgan fingerprint density at radius 1 is 1.06 bits per heavy atom. The van der Waals surface area contributed by atoms with Gasteiger partial charge in [0.15, 0.2) is 0 Å². The number of rotatable bonds is 3. The van der Waals surface area contributed by atoms with Gasteiger partial charge in [-0.2, -0.15) is 0 Å². The molecule has 0 atom stereocenters. The molecular formula is C14H21NO. The van der Waals surface area contributed by atoms with Crippen LogP contribution in [0.1, 0.15) is 44.1 Å². The summed E-state index contributed by atoms with van der Waals surface area (Å²) in [4.78, 5) is 0. The highest BCUT2D eigenvalue weighted by Gasteiger charge is 2.26. The molecule has 1 aromatic rings. The van der Waals surface area contributed by atoms with Crippen LogP contribution in [0, 0.1) is 0 Å². The summed E-state index contributed by atoms with van der Waals surface area (Å²) in [5.74, 6) is 0.337. The van der Waals surface area contributed by atoms with E-state index in [1.165, 1.54) is 37.7 Å². The summed E-state index contributed by atoms with van der Waals surface area (Å²) >= 11 is 0. The number of hydrogen-bond acceptors (Lipinski definition) is 2. The Hall–Kier alpha value is -1.02. The van der Waals surface area contributed by atoms with Crippen LogP contribution in [0.2, 0.25) is 0 Å². The first-order valence-electron chi connectivity index (χ1n) is 6.25. The maximum atomic E-state index is 9.20. The molecule has 0 saturated heterocycles. The molecule has 0 spiro atoms. The van der Waals surface area contributed by atoms with Crippen LogP contribution in [0.5, 0.6) is 5.75 Å². The standard InChI is InChI=1S/C14H21NO/c15-14(9-2-1-3-10-14)11-8-12-4-6-13(16)7-5-12/h4-7,16H,1-3,8-11,15H2. The van der Waals surface area contributed by atoms with Gasteiger partial charge in [0.05, 0.1) is 0 Å². The van der Waals surface area contributed by atoms with Crippen molar-refractivity contribution in [1.29, 1.82) is 0 Å². The predicted octanol–water partition coefficient (Wildman–Crippen LogP) is 2.99. The van der Waals surface area contributed by atoms with E-state index in [-0.39, 0.29) is 5.54 Å². The molecule has 2 rings (SSSR count). The highest BCUT2D eigenvalue weighted by Crippen LogP contribution is 2.29. The van der Waals surface area contributed by atoms with Gasteiger partial charge in [0.25, 0.3) is 0 Å². The molecule has 0 aromatic heterocycles. The normalized spacial score (nSPS) is 19.6. The molecule has 1 aliphatic carbocycles. The van der Waals surface area contributed by atoms with Crippen molar-refractivity contribution < 1.29 is 5.11 Å². The Morgan fingerprint density at radius 2 is 1.69 bits per heavy atom. The zero-order valence-corrected chi connectivity index (χ0v) is 9.78. The SMILES string of the molecule is NC1(CCc2ccc(O)cc2)CCCCC1. The lowest BCUT2D eigenvalue weighted by Crippen LogP contribution is -2.41. The Labute approximate surface area is 97.5 Å². The topological polar surface area (TPSA) is 46.2 Å². The molecule has 0 heterocycles. The van der Waals surface area contributed by atoms with E-state index in [0.717, 1.165) is 12.8 Å². The molecular weight excluding hydrogens is 198 g/mol. The molecule has 1 aliphatic rings. The minimum atomic E-state index is 0.0656. The number of phenolic OH excluding ortho intramolecular Hbond substituents is 1. The van der Waals surface area contributed by atoms with Crippen LogP contribution in [-0.2, 0) is 6.42 Å². The molecule has 0 unspecified atom stereocenters. The van der Waals surface area contributed by atoms with Crippen LogP contribution < -0.4 is 5.73 Å². The average molecular weight is 219 g/mol. The average Bonchev–Trinajstić information content (AvgIpc) is 2.29. The molecule has 1 saturated carbocycles. The number of hydrogen-bond donors (Lipinski definition) is 2. The van der Waals surface area contributed by atoms with Gasteiger partial charge in [-0.25, -0.2) is 0 Å². The van der Waals surface area contributed by atoms with Crippen LogP contribution >= 0.6 is 0 Å². The molecule has 88 valence electrons. The third-order valence-corrected chi connectivity index (χ3v) is 3.70. The van der Waals surface area contributed by atoms with Crippen molar-refractivity contribution in [1.82, 2.24) is 0 Å². The molecule has 1 aromatic carbocycles. The summed E-state index contributed by atoms with van der Waals surface area (Å²) < 4.78 is 0. The Morgan fingerprint density at radius 3 is 2.31 bits per heavy atom. The largest absolute Gasteiger partial charge is 0.508 e. The van der Waals surface area contributed by atoms with Crippen molar-refractivity contribution >= 4 is 0 Å². The zero-order chi connectivity index (χ0) is 11.4. The van der Waals surface area contributed by atoms with E-state index in [1.54, 1.807) is 12.1 Å². The van der Waals surface area contributed by atoms with E-state index in [9.17, 15) is 5.11 Å². The maximum absolute atomic E-state index is 9.20. The van der Waals surface area contributed by atoms with E-state index in [0.29, 0.717) is 5.75 Å². The number of benzene rings is 1. The summed E-state index contributed by atoms with van der Waals surface area (Å²) in [7, 11) is 0. The first kappa shape index (κ1) is 11.5. The van der Waals surface area contributed by atoms with Gasteiger partial charge in [0.1, 0.15) is 5.75 Å². The predicted molar refractivity (Wildman–Crippen MR) is 66.4 cm³/mol. The number of nitrogens with two attached hydrogens (primary N) is 1. The van der Waals surface area contributed by atoms with E-state index >= 15 is 0 Å². The Kier molecular flexibility index (Phi) is 3.49. The molecule has 0 bridgehead atoms. The van der Waals surface area contributed by atoms with Gasteiger partial charge in [-0.1, -0.05) is 31.4 Å². The molecule has 2 nitrogen and oxygen atoms in total. The lowest BCUT2D eigenvalue weighted by atomic mass is 9.79. The van der Waals surface area contributed by atoms with Crippen LogP contribution in [0.3, 0.4) is 0 Å². The molecule has 2 heteroatoms. The number of phenols is 1. The van der Waals surface area contributed by atoms with Gasteiger partial charge >= 0.3 is 0 Å². The summed E-state index contributed by atoms with van der Waals surface area (Å²) in [6.45, 7) is 0. The molecule has 0 radical (unpaired) electrons. The summed E-state index contributed by atoms with van der Waals surface area (Å²) in [6, 6.07) is 7.47. The van der Waals surface area contributed by atoms with Gasteiger partial charge in [-0.15, -0.1) is 0 Å². The monoisotopic (exact) mass is 219 g/mol. The van der Waals surface area contributed by atoms with Gasteiger partial charge in [0.2, 0.25) is 0 Å². The third-order valence-electron chi connectivity index (χ3n) is 3.70. The van der Waals surface area contributed by atoms with E-state index in [4.69, 9.17) is 5.73 Å². The third kappa shape index (κ3) is 2.99. The first-order valence-corrected chi connectivity index (χ1v) is 6.25. The zero-order valence-electron chi connectivity index (χ0n) is 9.78. The van der Waals surface area contributed by atoms with Crippen molar-refractivity contribution in [2.45, 2.75) is 50.5 Å². The molecule has 0 amide bonds. The van der Waals surface area contributed by atoms with Gasteiger partial charge in [-0.05, 0) is 43.4 Å². The smallest absolute Gasteiger partial charge is 0.115 e. The van der Waals surface area contributed by atoms with Gasteiger partial charge in [0, 0.05) is 5.54 Å². The summed E-state index contributed by atoms with van der Waals surface area (Å²) in [5, 5.41) is 9.20. The van der Waals surface area contributed by atoms with Crippen molar-refractivity contribution in [2.75, 3.05) is 0 Å². The fourth-order valence-corrected chi connectivity index (χ4v) is 2.56. The van der Waals surface area contributed by atoms with Crippen molar-refractivity contribution in [3.8, 4) is 5.75 Å². The van der Waals surface area contributed by atoms with Crippen LogP contribution in [0.4, 0.5) is 0 Å². The minimum Gasteiger partial charge on any atom is -0.508 e. The second-order valence-electron chi connectivity index (χ2n) is 5.09. The summed E-state index contributed by atoms with van der Waals surface area (Å²) in [6.07, 6.45) is 8.35. The maximum Gasteiger partial charge on any atom is 0.115 e. The lowest BCUT2D eigenvalue weighted by Gasteiger charge is -2.33. The fourth-order valence-electron chi connectivity index (χ4n) is 2.56. The number of aromatic hydroxyl groups is 1. The molecule has 3 N–H and O–H groups in total. The fraction of sp³-hybridized carbons (Fsp3) is 0.571. The Bertz CT molecular complexity index is 325. The van der Waals surface area contributed by atoms with Crippen LogP contribution in [0.15, 0.2) is 24.3 Å². The van der Waals surface area contributed by atoms with E-state index in [2.05, 4.69) is 0 Å². The van der Waals surface area contributed by atoms with Crippen LogP contribution in [0.25, 0.3) is 0 Å².